The van der Waals surface area contributed by atoms with Gasteiger partial charge in [0.15, 0.2) is 9.84 Å². The van der Waals surface area contributed by atoms with E-state index in [9.17, 15) is 8.42 Å². The number of alkyl halides is 1. The summed E-state index contributed by atoms with van der Waals surface area (Å²) in [5.41, 5.74) is 0. The molecule has 0 radical (unpaired) electrons. The van der Waals surface area contributed by atoms with E-state index in [0.29, 0.717) is 23.3 Å². The highest BCUT2D eigenvalue weighted by Crippen LogP contribution is 2.23. The quantitative estimate of drug-likeness (QED) is 0.524. The molecule has 0 saturated carbocycles. The summed E-state index contributed by atoms with van der Waals surface area (Å²) in [4.78, 5) is 0. The van der Waals surface area contributed by atoms with Crippen molar-refractivity contribution >= 4 is 21.4 Å². The van der Waals surface area contributed by atoms with Crippen molar-refractivity contribution in [2.45, 2.75) is 25.7 Å². The first-order chi connectivity index (χ1) is 5.64. The van der Waals surface area contributed by atoms with Crippen LogP contribution in [0.25, 0.3) is 0 Å². The average molecular weight is 211 g/mol. The van der Waals surface area contributed by atoms with Crippen LogP contribution in [-0.2, 0) is 9.84 Å². The maximum atomic E-state index is 11.0. The van der Waals surface area contributed by atoms with E-state index in [1.54, 1.807) is 0 Å². The van der Waals surface area contributed by atoms with Crippen LogP contribution in [0.4, 0.5) is 0 Å². The molecule has 1 rings (SSSR count). The van der Waals surface area contributed by atoms with Gasteiger partial charge in [-0.15, -0.1) is 11.6 Å². The second-order valence-electron chi connectivity index (χ2n) is 3.45. The van der Waals surface area contributed by atoms with Crippen LogP contribution in [0, 0.1) is 5.92 Å². The summed E-state index contributed by atoms with van der Waals surface area (Å²) >= 11 is 5.52. The Morgan fingerprint density at radius 2 is 2.08 bits per heavy atom. The highest BCUT2D eigenvalue weighted by atomic mass is 35.5. The summed E-state index contributed by atoms with van der Waals surface area (Å²) < 4.78 is 22.1. The lowest BCUT2D eigenvalue weighted by atomic mass is 10.0. The van der Waals surface area contributed by atoms with E-state index in [0.717, 1.165) is 25.7 Å². The number of halogens is 1. The van der Waals surface area contributed by atoms with Crippen molar-refractivity contribution in [1.82, 2.24) is 0 Å². The summed E-state index contributed by atoms with van der Waals surface area (Å²) in [6.07, 6.45) is 3.98. The molecule has 72 valence electrons. The molecule has 0 aromatic rings. The van der Waals surface area contributed by atoms with Crippen LogP contribution in [0.1, 0.15) is 25.7 Å². The zero-order valence-corrected chi connectivity index (χ0v) is 8.70. The Labute approximate surface area is 79.2 Å². The van der Waals surface area contributed by atoms with Gasteiger partial charge in [0.25, 0.3) is 0 Å². The number of hydrogen-bond acceptors (Lipinski definition) is 2. The molecule has 1 unspecified atom stereocenters. The number of rotatable bonds is 4. The molecule has 0 bridgehead atoms. The van der Waals surface area contributed by atoms with Gasteiger partial charge in [-0.1, -0.05) is 6.42 Å². The maximum Gasteiger partial charge on any atom is 0.150 e. The molecule has 0 amide bonds. The van der Waals surface area contributed by atoms with E-state index in [4.69, 9.17) is 11.6 Å². The molecule has 1 atom stereocenters. The van der Waals surface area contributed by atoms with E-state index in [1.807, 2.05) is 0 Å². The Balaban J connectivity index is 2.20. The molecular formula is C8H15ClO2S. The van der Waals surface area contributed by atoms with Gasteiger partial charge in [0.1, 0.15) is 0 Å². The molecule has 1 aliphatic rings. The van der Waals surface area contributed by atoms with Crippen LogP contribution in [0.5, 0.6) is 0 Å². The van der Waals surface area contributed by atoms with E-state index in [1.165, 1.54) is 0 Å². The predicted molar refractivity (Wildman–Crippen MR) is 51.3 cm³/mol. The summed E-state index contributed by atoms with van der Waals surface area (Å²) in [6, 6.07) is 0. The lowest BCUT2D eigenvalue weighted by Gasteiger charge is -2.04. The van der Waals surface area contributed by atoms with Crippen molar-refractivity contribution in [3.05, 3.63) is 0 Å². The number of hydrogen-bond donors (Lipinski definition) is 0. The number of sulfone groups is 1. The van der Waals surface area contributed by atoms with Crippen molar-refractivity contribution in [3.8, 4) is 0 Å². The molecule has 2 nitrogen and oxygen atoms in total. The van der Waals surface area contributed by atoms with Crippen molar-refractivity contribution in [2.75, 3.05) is 17.4 Å². The smallest absolute Gasteiger partial charge is 0.150 e. The van der Waals surface area contributed by atoms with Gasteiger partial charge in [0.2, 0.25) is 0 Å². The molecule has 1 aliphatic heterocycles. The van der Waals surface area contributed by atoms with Crippen LogP contribution in [0.15, 0.2) is 0 Å². The van der Waals surface area contributed by atoms with Crippen LogP contribution in [-0.4, -0.2) is 25.8 Å². The molecule has 1 heterocycles. The van der Waals surface area contributed by atoms with E-state index >= 15 is 0 Å². The molecule has 0 aromatic heterocycles. The monoisotopic (exact) mass is 210 g/mol. The molecule has 4 heteroatoms. The second-order valence-corrected chi connectivity index (χ2v) is 6.06. The van der Waals surface area contributed by atoms with Crippen LogP contribution in [0.3, 0.4) is 0 Å². The SMILES string of the molecule is O=S1(=O)CCC(CCCCCl)C1. The second kappa shape index (κ2) is 4.47. The van der Waals surface area contributed by atoms with Crippen molar-refractivity contribution < 1.29 is 8.42 Å². The lowest BCUT2D eigenvalue weighted by Crippen LogP contribution is -2.04. The van der Waals surface area contributed by atoms with Gasteiger partial charge in [-0.3, -0.25) is 0 Å². The minimum atomic E-state index is -2.67. The Morgan fingerprint density at radius 3 is 2.58 bits per heavy atom. The fraction of sp³-hybridized carbons (Fsp3) is 1.00. The zero-order chi connectivity index (χ0) is 9.03. The minimum absolute atomic E-state index is 0.401. The Bertz CT molecular complexity index is 223. The first kappa shape index (κ1) is 10.3. The minimum Gasteiger partial charge on any atom is -0.229 e. The Hall–Kier alpha value is 0.240. The average Bonchev–Trinajstić information content (AvgIpc) is 2.31. The predicted octanol–water partition coefficient (Wildman–Crippen LogP) is 1.83. The third-order valence-electron chi connectivity index (χ3n) is 2.32. The van der Waals surface area contributed by atoms with Gasteiger partial charge in [-0.05, 0) is 25.2 Å². The van der Waals surface area contributed by atoms with E-state index in [2.05, 4.69) is 0 Å². The fourth-order valence-corrected chi connectivity index (χ4v) is 3.73. The Morgan fingerprint density at radius 1 is 1.33 bits per heavy atom. The summed E-state index contributed by atoms with van der Waals surface area (Å²) in [7, 11) is -2.67. The van der Waals surface area contributed by atoms with Gasteiger partial charge >= 0.3 is 0 Å². The van der Waals surface area contributed by atoms with Crippen LogP contribution in [0.2, 0.25) is 0 Å². The normalized spacial score (nSPS) is 27.6. The topological polar surface area (TPSA) is 34.1 Å². The highest BCUT2D eigenvalue weighted by molar-refractivity contribution is 7.91. The molecule has 0 spiro atoms. The molecular weight excluding hydrogens is 196 g/mol. The molecule has 1 saturated heterocycles. The van der Waals surface area contributed by atoms with Crippen molar-refractivity contribution in [2.24, 2.45) is 5.92 Å². The maximum absolute atomic E-state index is 11.0. The van der Waals surface area contributed by atoms with Gasteiger partial charge < -0.3 is 0 Å². The van der Waals surface area contributed by atoms with Crippen LogP contribution < -0.4 is 0 Å². The lowest BCUT2D eigenvalue weighted by molar-refractivity contribution is 0.515. The summed E-state index contributed by atoms with van der Waals surface area (Å²) in [5, 5.41) is 0. The van der Waals surface area contributed by atoms with E-state index < -0.39 is 9.84 Å². The highest BCUT2D eigenvalue weighted by Gasteiger charge is 2.26. The van der Waals surface area contributed by atoms with Crippen molar-refractivity contribution in [1.29, 1.82) is 0 Å². The molecule has 0 aliphatic carbocycles. The van der Waals surface area contributed by atoms with Gasteiger partial charge in [-0.2, -0.15) is 0 Å². The van der Waals surface area contributed by atoms with Crippen molar-refractivity contribution in [3.63, 3.8) is 0 Å². The molecule has 1 fully saturated rings. The fourth-order valence-electron chi connectivity index (χ4n) is 1.63. The molecule has 0 aromatic carbocycles. The largest absolute Gasteiger partial charge is 0.229 e. The molecule has 0 N–H and O–H groups in total. The first-order valence-electron chi connectivity index (χ1n) is 4.40. The van der Waals surface area contributed by atoms with Gasteiger partial charge in [0.05, 0.1) is 11.5 Å². The summed E-state index contributed by atoms with van der Waals surface area (Å²) in [5.74, 6) is 1.92. The third kappa shape index (κ3) is 3.31. The van der Waals surface area contributed by atoms with E-state index in [-0.39, 0.29) is 0 Å². The third-order valence-corrected chi connectivity index (χ3v) is 4.43. The zero-order valence-electron chi connectivity index (χ0n) is 7.13. The van der Waals surface area contributed by atoms with Gasteiger partial charge in [-0.25, -0.2) is 8.42 Å². The Kier molecular flexibility index (Phi) is 3.84. The van der Waals surface area contributed by atoms with Gasteiger partial charge in [0, 0.05) is 5.88 Å². The first-order valence-corrected chi connectivity index (χ1v) is 6.76. The van der Waals surface area contributed by atoms with Crippen LogP contribution >= 0.6 is 11.6 Å². The standard InChI is InChI=1S/C8H15ClO2S/c9-5-2-1-3-8-4-6-12(10,11)7-8/h8H,1-7H2. The molecule has 12 heavy (non-hydrogen) atoms. The summed E-state index contributed by atoms with van der Waals surface area (Å²) in [6.45, 7) is 0. The number of unbranched alkanes of at least 4 members (excludes halogenated alkanes) is 1.